The van der Waals surface area contributed by atoms with E-state index in [9.17, 15) is 14.4 Å². The van der Waals surface area contributed by atoms with E-state index in [1.807, 2.05) is 24.3 Å². The first kappa shape index (κ1) is 17.0. The number of carbonyl (C=O) groups is 3. The van der Waals surface area contributed by atoms with E-state index in [-0.39, 0.29) is 18.4 Å². The smallest absolute Gasteiger partial charge is 0.242 e. The molecule has 0 N–H and O–H groups in total. The summed E-state index contributed by atoms with van der Waals surface area (Å²) in [4.78, 5) is 39.9. The zero-order valence-electron chi connectivity index (χ0n) is 13.7. The fraction of sp³-hybridized carbons (Fsp3) is 0.471. The van der Waals surface area contributed by atoms with Gasteiger partial charge < -0.3 is 14.7 Å². The van der Waals surface area contributed by atoms with E-state index in [2.05, 4.69) is 6.92 Å². The standard InChI is InChI=1S/C17H23N3O3/c1-3-15-4-6-16(7-5-15)20(14(2)22)12-17(23)19-10-8-18(13-21)9-11-19/h4-7,13H,3,8-12H2,1-2H3. The molecule has 1 aromatic rings. The molecule has 0 atom stereocenters. The molecule has 6 nitrogen and oxygen atoms in total. The van der Waals surface area contributed by atoms with Gasteiger partial charge in [-0.05, 0) is 24.1 Å². The van der Waals surface area contributed by atoms with E-state index in [0.29, 0.717) is 26.2 Å². The first-order valence-electron chi connectivity index (χ1n) is 7.89. The zero-order valence-corrected chi connectivity index (χ0v) is 13.7. The van der Waals surface area contributed by atoms with Gasteiger partial charge in [0.1, 0.15) is 6.54 Å². The predicted octanol–water partition coefficient (Wildman–Crippen LogP) is 0.902. The van der Waals surface area contributed by atoms with Crippen LogP contribution in [0.5, 0.6) is 0 Å². The van der Waals surface area contributed by atoms with Gasteiger partial charge in [0.15, 0.2) is 0 Å². The summed E-state index contributed by atoms with van der Waals surface area (Å²) in [6.45, 7) is 5.67. The van der Waals surface area contributed by atoms with Gasteiger partial charge in [0.25, 0.3) is 0 Å². The Morgan fingerprint density at radius 2 is 1.74 bits per heavy atom. The van der Waals surface area contributed by atoms with Gasteiger partial charge in [-0.25, -0.2) is 0 Å². The van der Waals surface area contributed by atoms with Crippen LogP contribution in [0.2, 0.25) is 0 Å². The second-order valence-corrected chi connectivity index (χ2v) is 5.65. The number of amides is 3. The van der Waals surface area contributed by atoms with Crippen LogP contribution in [0.25, 0.3) is 0 Å². The Hall–Kier alpha value is -2.37. The number of anilines is 1. The maximum absolute atomic E-state index is 12.4. The van der Waals surface area contributed by atoms with Crippen LogP contribution in [-0.4, -0.2) is 60.7 Å². The van der Waals surface area contributed by atoms with Crippen LogP contribution in [0.15, 0.2) is 24.3 Å². The molecule has 1 aliphatic rings. The third-order valence-electron chi connectivity index (χ3n) is 4.15. The van der Waals surface area contributed by atoms with E-state index < -0.39 is 0 Å². The summed E-state index contributed by atoms with van der Waals surface area (Å²) in [5.41, 5.74) is 1.92. The molecular weight excluding hydrogens is 294 g/mol. The highest BCUT2D eigenvalue weighted by Crippen LogP contribution is 2.16. The fourth-order valence-electron chi connectivity index (χ4n) is 2.61. The second-order valence-electron chi connectivity index (χ2n) is 5.65. The lowest BCUT2D eigenvalue weighted by molar-refractivity contribution is -0.134. The van der Waals surface area contributed by atoms with Gasteiger partial charge in [0.2, 0.25) is 18.2 Å². The fourth-order valence-corrected chi connectivity index (χ4v) is 2.61. The van der Waals surface area contributed by atoms with Gasteiger partial charge in [-0.2, -0.15) is 0 Å². The highest BCUT2D eigenvalue weighted by atomic mass is 16.2. The summed E-state index contributed by atoms with van der Waals surface area (Å²) < 4.78 is 0. The largest absolute Gasteiger partial charge is 0.342 e. The molecule has 0 bridgehead atoms. The van der Waals surface area contributed by atoms with Gasteiger partial charge in [0.05, 0.1) is 0 Å². The number of benzene rings is 1. The molecular formula is C17H23N3O3. The number of rotatable bonds is 5. The molecule has 0 unspecified atom stereocenters. The highest BCUT2D eigenvalue weighted by molar-refractivity contribution is 5.97. The van der Waals surface area contributed by atoms with Crippen molar-refractivity contribution in [1.29, 1.82) is 0 Å². The Morgan fingerprint density at radius 1 is 1.13 bits per heavy atom. The third kappa shape index (κ3) is 4.31. The summed E-state index contributed by atoms with van der Waals surface area (Å²) in [6.07, 6.45) is 1.74. The van der Waals surface area contributed by atoms with E-state index in [0.717, 1.165) is 18.5 Å². The van der Waals surface area contributed by atoms with Crippen molar-refractivity contribution in [3.8, 4) is 0 Å². The summed E-state index contributed by atoms with van der Waals surface area (Å²) in [5.74, 6) is -0.251. The molecule has 23 heavy (non-hydrogen) atoms. The monoisotopic (exact) mass is 317 g/mol. The minimum Gasteiger partial charge on any atom is -0.342 e. The van der Waals surface area contributed by atoms with E-state index in [1.54, 1.807) is 9.80 Å². The molecule has 3 amide bonds. The second kappa shape index (κ2) is 7.76. The topological polar surface area (TPSA) is 60.9 Å². The molecule has 0 aliphatic carbocycles. The van der Waals surface area contributed by atoms with E-state index >= 15 is 0 Å². The van der Waals surface area contributed by atoms with Gasteiger partial charge in [-0.1, -0.05) is 19.1 Å². The van der Waals surface area contributed by atoms with Crippen molar-refractivity contribution >= 4 is 23.9 Å². The quantitative estimate of drug-likeness (QED) is 0.758. The van der Waals surface area contributed by atoms with Crippen LogP contribution < -0.4 is 4.90 Å². The average Bonchev–Trinajstić information content (AvgIpc) is 2.59. The molecule has 124 valence electrons. The van der Waals surface area contributed by atoms with Crippen molar-refractivity contribution in [1.82, 2.24) is 9.80 Å². The Morgan fingerprint density at radius 3 is 2.22 bits per heavy atom. The maximum atomic E-state index is 12.4. The molecule has 2 rings (SSSR count). The molecule has 1 heterocycles. The number of hydrogen-bond donors (Lipinski definition) is 0. The average molecular weight is 317 g/mol. The van der Waals surface area contributed by atoms with Crippen molar-refractivity contribution in [2.45, 2.75) is 20.3 Å². The van der Waals surface area contributed by atoms with Crippen molar-refractivity contribution < 1.29 is 14.4 Å². The normalized spacial score (nSPS) is 14.5. The lowest BCUT2D eigenvalue weighted by Crippen LogP contribution is -2.51. The SMILES string of the molecule is CCc1ccc(N(CC(=O)N2CCN(C=O)CC2)C(C)=O)cc1. The van der Waals surface area contributed by atoms with Crippen LogP contribution in [0, 0.1) is 0 Å². The predicted molar refractivity (Wildman–Crippen MR) is 88.1 cm³/mol. The molecule has 6 heteroatoms. The number of piperazine rings is 1. The summed E-state index contributed by atoms with van der Waals surface area (Å²) >= 11 is 0. The molecule has 1 aliphatic heterocycles. The molecule has 1 aromatic carbocycles. The van der Waals surface area contributed by atoms with E-state index in [1.165, 1.54) is 17.4 Å². The Bertz CT molecular complexity index is 563. The van der Waals surface area contributed by atoms with Crippen molar-refractivity contribution in [3.63, 3.8) is 0 Å². The number of carbonyl (C=O) groups excluding carboxylic acids is 3. The van der Waals surface area contributed by atoms with Crippen molar-refractivity contribution in [2.75, 3.05) is 37.6 Å². The zero-order chi connectivity index (χ0) is 16.8. The van der Waals surface area contributed by atoms with Crippen LogP contribution >= 0.6 is 0 Å². The first-order chi connectivity index (χ1) is 11.0. The van der Waals surface area contributed by atoms with Crippen LogP contribution in [-0.2, 0) is 20.8 Å². The van der Waals surface area contributed by atoms with Gasteiger partial charge >= 0.3 is 0 Å². The van der Waals surface area contributed by atoms with Crippen molar-refractivity contribution in [3.05, 3.63) is 29.8 Å². The van der Waals surface area contributed by atoms with Crippen LogP contribution in [0.1, 0.15) is 19.4 Å². The van der Waals surface area contributed by atoms with Crippen LogP contribution in [0.3, 0.4) is 0 Å². The van der Waals surface area contributed by atoms with Gasteiger partial charge in [-0.15, -0.1) is 0 Å². The number of hydrogen-bond acceptors (Lipinski definition) is 3. The number of aryl methyl sites for hydroxylation is 1. The van der Waals surface area contributed by atoms with Gasteiger partial charge in [0, 0.05) is 38.8 Å². The Labute approximate surface area is 136 Å². The van der Waals surface area contributed by atoms with Crippen molar-refractivity contribution in [2.24, 2.45) is 0 Å². The molecule has 0 spiro atoms. The summed E-state index contributed by atoms with van der Waals surface area (Å²) in [7, 11) is 0. The summed E-state index contributed by atoms with van der Waals surface area (Å²) in [5, 5.41) is 0. The number of nitrogens with zero attached hydrogens (tertiary/aromatic N) is 3. The lowest BCUT2D eigenvalue weighted by atomic mass is 10.1. The minimum atomic E-state index is -0.158. The van der Waals surface area contributed by atoms with E-state index in [4.69, 9.17) is 0 Å². The molecule has 0 radical (unpaired) electrons. The van der Waals surface area contributed by atoms with Gasteiger partial charge in [-0.3, -0.25) is 14.4 Å². The van der Waals surface area contributed by atoms with Crippen LogP contribution in [0.4, 0.5) is 5.69 Å². The Kier molecular flexibility index (Phi) is 5.73. The molecule has 1 fully saturated rings. The molecule has 1 saturated heterocycles. The third-order valence-corrected chi connectivity index (χ3v) is 4.15. The Balaban J connectivity index is 2.02. The maximum Gasteiger partial charge on any atom is 0.242 e. The summed E-state index contributed by atoms with van der Waals surface area (Å²) in [6, 6.07) is 7.69. The first-order valence-corrected chi connectivity index (χ1v) is 7.89. The highest BCUT2D eigenvalue weighted by Gasteiger charge is 2.23. The lowest BCUT2D eigenvalue weighted by Gasteiger charge is -2.34. The minimum absolute atomic E-state index is 0.0297. The molecule has 0 aromatic heterocycles. The molecule has 0 saturated carbocycles.